The Morgan fingerprint density at radius 1 is 1.50 bits per heavy atom. The van der Waals surface area contributed by atoms with Gasteiger partial charge in [-0.2, -0.15) is 0 Å². The van der Waals surface area contributed by atoms with Crippen LogP contribution in [-0.4, -0.2) is 15.9 Å². The minimum absolute atomic E-state index is 0.222. The van der Waals surface area contributed by atoms with E-state index in [0.717, 1.165) is 5.56 Å². The van der Waals surface area contributed by atoms with Crippen LogP contribution in [0.3, 0.4) is 0 Å². The number of carbonyl (C=O) groups excluding carboxylic acids is 1. The predicted octanol–water partition coefficient (Wildman–Crippen LogP) is 1.55. The number of hydrogen-bond acceptors (Lipinski definition) is 3. The Morgan fingerprint density at radius 2 is 2.31 bits per heavy atom. The zero-order chi connectivity index (χ0) is 11.5. The van der Waals surface area contributed by atoms with Crippen LogP contribution in [0.1, 0.15) is 15.9 Å². The van der Waals surface area contributed by atoms with Crippen LogP contribution in [0.5, 0.6) is 0 Å². The fraction of sp³-hybridized carbons (Fsp3) is 0.0909. The molecule has 5 heteroatoms. The molecule has 0 aliphatic heterocycles. The van der Waals surface area contributed by atoms with Gasteiger partial charge in [-0.05, 0) is 24.6 Å². The Kier molecular flexibility index (Phi) is 2.59. The Bertz CT molecular complexity index is 505. The molecule has 5 nitrogen and oxygen atoms in total. The molecule has 0 unspecified atom stereocenters. The van der Waals surface area contributed by atoms with Crippen molar-refractivity contribution in [1.82, 2.24) is 9.97 Å². The summed E-state index contributed by atoms with van der Waals surface area (Å²) in [6.07, 6.45) is 3.21. The number of aromatic nitrogens is 2. The first-order chi connectivity index (χ1) is 7.68. The average molecular weight is 216 g/mol. The summed E-state index contributed by atoms with van der Waals surface area (Å²) in [4.78, 5) is 18.6. The third kappa shape index (κ3) is 1.88. The van der Waals surface area contributed by atoms with Crippen molar-refractivity contribution in [2.45, 2.75) is 6.92 Å². The lowest BCUT2D eigenvalue weighted by Gasteiger charge is -2.07. The zero-order valence-electron chi connectivity index (χ0n) is 8.82. The molecule has 1 amide bonds. The highest BCUT2D eigenvalue weighted by atomic mass is 16.1. The Labute approximate surface area is 92.7 Å². The number of imidazole rings is 1. The van der Waals surface area contributed by atoms with E-state index in [1.165, 1.54) is 0 Å². The number of nitrogen functional groups attached to an aromatic ring is 1. The quantitative estimate of drug-likeness (QED) is 0.666. The lowest BCUT2D eigenvalue weighted by Crippen LogP contribution is -2.14. The third-order valence-corrected chi connectivity index (χ3v) is 2.35. The number of carbonyl (C=O) groups is 1. The van der Waals surface area contributed by atoms with Crippen molar-refractivity contribution in [1.29, 1.82) is 0 Å². The van der Waals surface area contributed by atoms with Crippen molar-refractivity contribution in [2.24, 2.45) is 0 Å². The molecule has 2 aromatic rings. The van der Waals surface area contributed by atoms with Crippen LogP contribution in [0.4, 0.5) is 11.6 Å². The lowest BCUT2D eigenvalue weighted by molar-refractivity contribution is 0.102. The number of benzene rings is 1. The van der Waals surface area contributed by atoms with E-state index in [-0.39, 0.29) is 5.91 Å². The minimum atomic E-state index is -0.222. The van der Waals surface area contributed by atoms with E-state index in [2.05, 4.69) is 15.3 Å². The molecule has 0 bridgehead atoms. The van der Waals surface area contributed by atoms with Crippen LogP contribution in [0, 0.1) is 6.92 Å². The summed E-state index contributed by atoms with van der Waals surface area (Å²) in [6.45, 7) is 1.81. The monoisotopic (exact) mass is 216 g/mol. The number of nitrogens with zero attached hydrogens (tertiary/aromatic N) is 1. The topological polar surface area (TPSA) is 83.8 Å². The zero-order valence-corrected chi connectivity index (χ0v) is 8.82. The molecule has 0 radical (unpaired) electrons. The van der Waals surface area contributed by atoms with Crippen LogP contribution in [-0.2, 0) is 0 Å². The fourth-order valence-corrected chi connectivity index (χ4v) is 1.41. The van der Waals surface area contributed by atoms with E-state index in [4.69, 9.17) is 5.73 Å². The van der Waals surface area contributed by atoms with E-state index in [0.29, 0.717) is 17.2 Å². The highest BCUT2D eigenvalue weighted by molar-refractivity contribution is 6.05. The van der Waals surface area contributed by atoms with Crippen LogP contribution in [0.25, 0.3) is 0 Å². The van der Waals surface area contributed by atoms with E-state index in [9.17, 15) is 4.79 Å². The first-order valence-corrected chi connectivity index (χ1v) is 4.84. The SMILES string of the molecule is Cc1c(N)cccc1C(=O)Nc1ncc[nH]1. The van der Waals surface area contributed by atoms with Gasteiger partial charge in [0.2, 0.25) is 5.95 Å². The molecule has 1 aromatic carbocycles. The second-order valence-corrected chi connectivity index (χ2v) is 3.41. The normalized spacial score (nSPS) is 10.1. The Morgan fingerprint density at radius 3 is 3.00 bits per heavy atom. The van der Waals surface area contributed by atoms with Gasteiger partial charge in [-0.25, -0.2) is 4.98 Å². The van der Waals surface area contributed by atoms with Gasteiger partial charge in [-0.1, -0.05) is 6.07 Å². The molecule has 0 atom stereocenters. The van der Waals surface area contributed by atoms with E-state index >= 15 is 0 Å². The van der Waals surface area contributed by atoms with E-state index < -0.39 is 0 Å². The number of nitrogens with one attached hydrogen (secondary N) is 2. The summed E-state index contributed by atoms with van der Waals surface area (Å²) in [6, 6.07) is 5.24. The van der Waals surface area contributed by atoms with Crippen molar-refractivity contribution in [3.8, 4) is 0 Å². The molecule has 2 rings (SSSR count). The maximum Gasteiger partial charge on any atom is 0.258 e. The largest absolute Gasteiger partial charge is 0.398 e. The third-order valence-electron chi connectivity index (χ3n) is 2.35. The summed E-state index contributed by atoms with van der Waals surface area (Å²) in [5, 5.41) is 2.65. The molecule has 82 valence electrons. The van der Waals surface area contributed by atoms with Crippen molar-refractivity contribution < 1.29 is 4.79 Å². The van der Waals surface area contributed by atoms with Crippen LogP contribution in [0.2, 0.25) is 0 Å². The molecular formula is C11H12N4O. The first kappa shape index (κ1) is 10.2. The number of hydrogen-bond donors (Lipinski definition) is 3. The Balaban J connectivity index is 2.24. The Hall–Kier alpha value is -2.30. The van der Waals surface area contributed by atoms with Gasteiger partial charge >= 0.3 is 0 Å². The lowest BCUT2D eigenvalue weighted by atomic mass is 10.1. The number of H-pyrrole nitrogens is 1. The number of amides is 1. The minimum Gasteiger partial charge on any atom is -0.398 e. The highest BCUT2D eigenvalue weighted by Crippen LogP contribution is 2.16. The van der Waals surface area contributed by atoms with Crippen LogP contribution in [0.15, 0.2) is 30.6 Å². The summed E-state index contributed by atoms with van der Waals surface area (Å²) < 4.78 is 0. The number of nitrogens with two attached hydrogens (primary N) is 1. The van der Waals surface area contributed by atoms with E-state index in [1.807, 2.05) is 6.92 Å². The van der Waals surface area contributed by atoms with Gasteiger partial charge in [-0.3, -0.25) is 10.1 Å². The van der Waals surface area contributed by atoms with Crippen molar-refractivity contribution in [2.75, 3.05) is 11.1 Å². The van der Waals surface area contributed by atoms with Gasteiger partial charge in [0.1, 0.15) is 0 Å². The summed E-state index contributed by atoms with van der Waals surface area (Å²) >= 11 is 0. The molecule has 1 heterocycles. The van der Waals surface area contributed by atoms with Crippen molar-refractivity contribution >= 4 is 17.5 Å². The molecule has 0 fully saturated rings. The molecule has 0 spiro atoms. The summed E-state index contributed by atoms with van der Waals surface area (Å²) in [7, 11) is 0. The van der Waals surface area contributed by atoms with Gasteiger partial charge in [-0.15, -0.1) is 0 Å². The molecule has 0 saturated heterocycles. The molecule has 0 saturated carbocycles. The predicted molar refractivity (Wildman–Crippen MR) is 62.1 cm³/mol. The van der Waals surface area contributed by atoms with Gasteiger partial charge in [0.15, 0.2) is 0 Å². The van der Waals surface area contributed by atoms with E-state index in [1.54, 1.807) is 30.6 Å². The van der Waals surface area contributed by atoms with Crippen molar-refractivity contribution in [3.05, 3.63) is 41.7 Å². The highest BCUT2D eigenvalue weighted by Gasteiger charge is 2.11. The standard InChI is InChI=1S/C11H12N4O/c1-7-8(3-2-4-9(7)12)10(16)15-11-13-5-6-14-11/h2-6H,12H2,1H3,(H2,13,14,15,16). The molecule has 4 N–H and O–H groups in total. The fourth-order valence-electron chi connectivity index (χ4n) is 1.41. The van der Waals surface area contributed by atoms with Crippen LogP contribution < -0.4 is 11.1 Å². The van der Waals surface area contributed by atoms with Crippen molar-refractivity contribution in [3.63, 3.8) is 0 Å². The maximum atomic E-state index is 11.9. The maximum absolute atomic E-state index is 11.9. The number of aromatic amines is 1. The molecule has 1 aromatic heterocycles. The number of anilines is 2. The van der Waals surface area contributed by atoms with Gasteiger partial charge in [0.25, 0.3) is 5.91 Å². The molecule has 16 heavy (non-hydrogen) atoms. The number of rotatable bonds is 2. The molecule has 0 aliphatic rings. The van der Waals surface area contributed by atoms with Gasteiger partial charge in [0.05, 0.1) is 0 Å². The molecule has 0 aliphatic carbocycles. The van der Waals surface area contributed by atoms with Crippen LogP contribution >= 0.6 is 0 Å². The summed E-state index contributed by atoms with van der Waals surface area (Å²) in [5.74, 6) is 0.201. The van der Waals surface area contributed by atoms with Gasteiger partial charge < -0.3 is 10.7 Å². The second-order valence-electron chi connectivity index (χ2n) is 3.41. The molecular weight excluding hydrogens is 204 g/mol. The van der Waals surface area contributed by atoms with Gasteiger partial charge in [0, 0.05) is 23.6 Å². The summed E-state index contributed by atoms with van der Waals surface area (Å²) in [5.41, 5.74) is 7.65. The smallest absolute Gasteiger partial charge is 0.258 e. The average Bonchev–Trinajstić information content (AvgIpc) is 2.74. The second kappa shape index (κ2) is 4.06. The first-order valence-electron chi connectivity index (χ1n) is 4.84.